The van der Waals surface area contributed by atoms with Gasteiger partial charge >= 0.3 is 0 Å². The molecule has 4 atom stereocenters. The Labute approximate surface area is 145 Å². The standard InChI is InChI=1S/C20H20F2N2O/c21-13-6-7-18(22)15(8-13)14-9-16(14)20(25)24-10-17(19(23)11-24)12-4-2-1-3-5-12/h1-8,14,16-17,19H,9-11,23H2/t14?,16?,17-,19+/m0/s1. The number of nitrogens with zero attached hydrogens (tertiary/aromatic N) is 1. The van der Waals surface area contributed by atoms with Gasteiger partial charge in [0.1, 0.15) is 11.6 Å². The highest BCUT2D eigenvalue weighted by atomic mass is 19.1. The lowest BCUT2D eigenvalue weighted by molar-refractivity contribution is -0.131. The molecular weight excluding hydrogens is 322 g/mol. The molecule has 2 aliphatic rings. The van der Waals surface area contributed by atoms with Crippen molar-refractivity contribution >= 4 is 5.91 Å². The lowest BCUT2D eigenvalue weighted by atomic mass is 9.95. The Kier molecular flexibility index (Phi) is 4.04. The smallest absolute Gasteiger partial charge is 0.226 e. The molecule has 2 N–H and O–H groups in total. The van der Waals surface area contributed by atoms with Crippen molar-refractivity contribution in [2.75, 3.05) is 13.1 Å². The summed E-state index contributed by atoms with van der Waals surface area (Å²) in [7, 11) is 0. The van der Waals surface area contributed by atoms with E-state index >= 15 is 0 Å². The predicted molar refractivity (Wildman–Crippen MR) is 90.9 cm³/mol. The number of halogens is 2. The number of benzene rings is 2. The highest BCUT2D eigenvalue weighted by molar-refractivity contribution is 5.83. The van der Waals surface area contributed by atoms with E-state index in [-0.39, 0.29) is 29.7 Å². The van der Waals surface area contributed by atoms with Crippen molar-refractivity contribution in [1.82, 2.24) is 4.90 Å². The first kappa shape index (κ1) is 16.2. The molecule has 2 aromatic rings. The molecule has 0 bridgehead atoms. The third-order valence-electron chi connectivity index (χ3n) is 5.37. The van der Waals surface area contributed by atoms with Crippen molar-refractivity contribution in [1.29, 1.82) is 0 Å². The van der Waals surface area contributed by atoms with Crippen LogP contribution in [0.25, 0.3) is 0 Å². The molecule has 2 aromatic carbocycles. The maximum absolute atomic E-state index is 13.9. The van der Waals surface area contributed by atoms with Gasteiger partial charge < -0.3 is 10.6 Å². The lowest BCUT2D eigenvalue weighted by Crippen LogP contribution is -2.33. The Morgan fingerprint density at radius 2 is 1.80 bits per heavy atom. The van der Waals surface area contributed by atoms with E-state index in [1.807, 2.05) is 30.3 Å². The van der Waals surface area contributed by atoms with Crippen LogP contribution in [0.5, 0.6) is 0 Å². The monoisotopic (exact) mass is 342 g/mol. The van der Waals surface area contributed by atoms with Crippen LogP contribution in [0.15, 0.2) is 48.5 Å². The van der Waals surface area contributed by atoms with E-state index in [2.05, 4.69) is 0 Å². The number of rotatable bonds is 3. The van der Waals surface area contributed by atoms with Gasteiger partial charge in [-0.15, -0.1) is 0 Å². The third-order valence-corrected chi connectivity index (χ3v) is 5.37. The van der Waals surface area contributed by atoms with Gasteiger partial charge in [0, 0.05) is 31.0 Å². The molecule has 1 amide bonds. The van der Waals surface area contributed by atoms with E-state index in [1.165, 1.54) is 6.07 Å². The number of nitrogens with two attached hydrogens (primary N) is 1. The number of hydrogen-bond donors (Lipinski definition) is 1. The van der Waals surface area contributed by atoms with Crippen LogP contribution in [0.3, 0.4) is 0 Å². The molecule has 2 fully saturated rings. The second-order valence-corrected chi connectivity index (χ2v) is 7.04. The predicted octanol–water partition coefficient (Wildman–Crippen LogP) is 3.02. The molecule has 0 spiro atoms. The van der Waals surface area contributed by atoms with Gasteiger partial charge in [-0.25, -0.2) is 8.78 Å². The van der Waals surface area contributed by atoms with Crippen LogP contribution >= 0.6 is 0 Å². The van der Waals surface area contributed by atoms with Crippen LogP contribution in [0, 0.1) is 17.6 Å². The first-order valence-corrected chi connectivity index (χ1v) is 8.59. The first-order valence-electron chi connectivity index (χ1n) is 8.59. The summed E-state index contributed by atoms with van der Waals surface area (Å²) in [5, 5.41) is 0. The first-order chi connectivity index (χ1) is 12.0. The normalized spacial score (nSPS) is 28.2. The minimum Gasteiger partial charge on any atom is -0.340 e. The zero-order chi connectivity index (χ0) is 17.6. The van der Waals surface area contributed by atoms with E-state index in [0.717, 1.165) is 17.7 Å². The molecule has 0 aromatic heterocycles. The van der Waals surface area contributed by atoms with Crippen molar-refractivity contribution in [3.8, 4) is 0 Å². The summed E-state index contributed by atoms with van der Waals surface area (Å²) in [6, 6.07) is 13.3. The number of amides is 1. The van der Waals surface area contributed by atoms with Crippen LogP contribution in [0.2, 0.25) is 0 Å². The van der Waals surface area contributed by atoms with E-state index < -0.39 is 11.6 Å². The Morgan fingerprint density at radius 3 is 2.56 bits per heavy atom. The molecule has 1 aliphatic carbocycles. The highest BCUT2D eigenvalue weighted by Gasteiger charge is 2.48. The molecule has 1 aliphatic heterocycles. The number of carbonyl (C=O) groups excluding carboxylic acids is 1. The third kappa shape index (κ3) is 3.04. The fraction of sp³-hybridized carbons (Fsp3) is 0.350. The van der Waals surface area contributed by atoms with Crippen LogP contribution in [-0.2, 0) is 4.79 Å². The van der Waals surface area contributed by atoms with E-state index in [9.17, 15) is 13.6 Å². The van der Waals surface area contributed by atoms with E-state index in [1.54, 1.807) is 4.90 Å². The van der Waals surface area contributed by atoms with Crippen molar-refractivity contribution in [2.24, 2.45) is 11.7 Å². The fourth-order valence-electron chi connectivity index (χ4n) is 3.91. The SMILES string of the molecule is N[C@@H]1CN(C(=O)C2CC2c2cc(F)ccc2F)C[C@H]1c1ccccc1. The molecule has 1 heterocycles. The average molecular weight is 342 g/mol. The van der Waals surface area contributed by atoms with E-state index in [0.29, 0.717) is 25.1 Å². The molecule has 4 rings (SSSR count). The number of hydrogen-bond acceptors (Lipinski definition) is 2. The quantitative estimate of drug-likeness (QED) is 0.932. The average Bonchev–Trinajstić information content (AvgIpc) is 3.32. The van der Waals surface area contributed by atoms with E-state index in [4.69, 9.17) is 5.73 Å². The molecule has 0 radical (unpaired) electrons. The van der Waals surface area contributed by atoms with Gasteiger partial charge in [-0.2, -0.15) is 0 Å². The Balaban J connectivity index is 1.45. The summed E-state index contributed by atoms with van der Waals surface area (Å²) in [6.45, 7) is 1.09. The van der Waals surface area contributed by atoms with Gasteiger partial charge in [-0.05, 0) is 41.7 Å². The second kappa shape index (κ2) is 6.23. The molecular formula is C20H20F2N2O. The molecule has 25 heavy (non-hydrogen) atoms. The fourth-order valence-corrected chi connectivity index (χ4v) is 3.91. The van der Waals surface area contributed by atoms with Crippen molar-refractivity contribution in [3.63, 3.8) is 0 Å². The molecule has 5 heteroatoms. The van der Waals surface area contributed by atoms with Crippen LogP contribution < -0.4 is 5.73 Å². The molecule has 3 nitrogen and oxygen atoms in total. The van der Waals surface area contributed by atoms with Crippen molar-refractivity contribution in [3.05, 3.63) is 71.3 Å². The second-order valence-electron chi connectivity index (χ2n) is 7.04. The summed E-state index contributed by atoms with van der Waals surface area (Å²) in [5.74, 6) is -1.28. The largest absolute Gasteiger partial charge is 0.340 e. The van der Waals surface area contributed by atoms with Crippen LogP contribution in [0.1, 0.15) is 29.4 Å². The number of likely N-dealkylation sites (tertiary alicyclic amines) is 1. The summed E-state index contributed by atoms with van der Waals surface area (Å²) in [5.41, 5.74) is 7.69. The van der Waals surface area contributed by atoms with Crippen molar-refractivity contribution < 1.29 is 13.6 Å². The summed E-state index contributed by atoms with van der Waals surface area (Å²) >= 11 is 0. The number of carbonyl (C=O) groups is 1. The maximum atomic E-state index is 13.9. The minimum atomic E-state index is -0.471. The van der Waals surface area contributed by atoms with Gasteiger partial charge in [0.15, 0.2) is 0 Å². The molecule has 1 saturated heterocycles. The van der Waals surface area contributed by atoms with Crippen LogP contribution in [0.4, 0.5) is 8.78 Å². The Bertz CT molecular complexity index is 796. The van der Waals surface area contributed by atoms with Gasteiger partial charge in [-0.3, -0.25) is 4.79 Å². The Morgan fingerprint density at radius 1 is 1.04 bits per heavy atom. The molecule has 1 saturated carbocycles. The highest BCUT2D eigenvalue weighted by Crippen LogP contribution is 2.50. The van der Waals surface area contributed by atoms with Gasteiger partial charge in [0.05, 0.1) is 0 Å². The van der Waals surface area contributed by atoms with Gasteiger partial charge in [0.25, 0.3) is 0 Å². The minimum absolute atomic E-state index is 0.00235. The molecule has 2 unspecified atom stereocenters. The topological polar surface area (TPSA) is 46.3 Å². The van der Waals surface area contributed by atoms with Gasteiger partial charge in [0.2, 0.25) is 5.91 Å². The van der Waals surface area contributed by atoms with Gasteiger partial charge in [-0.1, -0.05) is 30.3 Å². The zero-order valence-corrected chi connectivity index (χ0v) is 13.7. The summed E-state index contributed by atoms with van der Waals surface area (Å²) in [6.07, 6.45) is 0.570. The van der Waals surface area contributed by atoms with Crippen molar-refractivity contribution in [2.45, 2.75) is 24.3 Å². The van der Waals surface area contributed by atoms with Crippen LogP contribution in [-0.4, -0.2) is 29.9 Å². The maximum Gasteiger partial charge on any atom is 0.226 e. The molecule has 130 valence electrons. The lowest BCUT2D eigenvalue weighted by Gasteiger charge is -2.16. The summed E-state index contributed by atoms with van der Waals surface area (Å²) < 4.78 is 27.3. The zero-order valence-electron chi connectivity index (χ0n) is 13.7. The summed E-state index contributed by atoms with van der Waals surface area (Å²) in [4.78, 5) is 14.5. The Hall–Kier alpha value is -2.27.